The van der Waals surface area contributed by atoms with E-state index in [-0.39, 0.29) is 6.10 Å². The highest BCUT2D eigenvalue weighted by Gasteiger charge is 2.10. The first-order valence-corrected chi connectivity index (χ1v) is 14.0. The molecule has 0 spiro atoms. The molecule has 0 unspecified atom stereocenters. The van der Waals surface area contributed by atoms with E-state index in [2.05, 4.69) is 26.8 Å². The van der Waals surface area contributed by atoms with E-state index in [1.807, 2.05) is 12.1 Å². The summed E-state index contributed by atoms with van der Waals surface area (Å²) in [5.74, 6) is 1.59. The number of ether oxygens (including phenoxy) is 3. The summed E-state index contributed by atoms with van der Waals surface area (Å²) in [6, 6.07) is 14.2. The van der Waals surface area contributed by atoms with Gasteiger partial charge in [-0.15, -0.1) is 0 Å². The van der Waals surface area contributed by atoms with Crippen LogP contribution in [-0.2, 0) is 0 Å². The van der Waals surface area contributed by atoms with Gasteiger partial charge in [-0.05, 0) is 87.2 Å². The maximum atomic E-state index is 12.5. The number of rotatable bonds is 19. The summed E-state index contributed by atoms with van der Waals surface area (Å²) in [5, 5.41) is 0. The van der Waals surface area contributed by atoms with E-state index < -0.39 is 5.97 Å². The number of unbranched alkanes of at least 4 members (excludes halogenated alkanes) is 10. The minimum Gasteiger partial charge on any atom is -0.491 e. The Labute approximate surface area is 219 Å². The van der Waals surface area contributed by atoms with Crippen LogP contribution in [-0.4, -0.2) is 12.1 Å². The lowest BCUT2D eigenvalue weighted by molar-refractivity contribution is 0.0734. The van der Waals surface area contributed by atoms with Crippen LogP contribution in [0.15, 0.2) is 60.9 Å². The highest BCUT2D eigenvalue weighted by molar-refractivity contribution is 5.91. The highest BCUT2D eigenvalue weighted by Crippen LogP contribution is 2.21. The van der Waals surface area contributed by atoms with E-state index >= 15 is 0 Å². The molecule has 1 atom stereocenters. The average Bonchev–Trinajstić information content (AvgIpc) is 2.89. The predicted molar refractivity (Wildman–Crippen MR) is 149 cm³/mol. The van der Waals surface area contributed by atoms with Crippen LogP contribution in [0.3, 0.4) is 0 Å². The minimum atomic E-state index is -0.391. The molecule has 0 amide bonds. The van der Waals surface area contributed by atoms with Crippen molar-refractivity contribution in [1.29, 1.82) is 0 Å². The number of hydrogen-bond acceptors (Lipinski definition) is 4. The Bertz CT molecular complexity index is 855. The molecular formula is C32H46O4. The van der Waals surface area contributed by atoms with Crippen molar-refractivity contribution in [1.82, 2.24) is 0 Å². The summed E-state index contributed by atoms with van der Waals surface area (Å²) in [6.45, 7) is 6.55. The third-order valence-corrected chi connectivity index (χ3v) is 6.20. The van der Waals surface area contributed by atoms with E-state index in [9.17, 15) is 4.79 Å². The lowest BCUT2D eigenvalue weighted by Crippen LogP contribution is -2.12. The van der Waals surface area contributed by atoms with Crippen molar-refractivity contribution < 1.29 is 19.0 Å². The van der Waals surface area contributed by atoms with Gasteiger partial charge in [-0.2, -0.15) is 0 Å². The summed E-state index contributed by atoms with van der Waals surface area (Å²) >= 11 is 0. The first-order valence-electron chi connectivity index (χ1n) is 14.0. The fourth-order valence-electron chi connectivity index (χ4n) is 3.99. The SMILES string of the molecule is CCCCCCCCC/C=C/Oc1ccc(OC(=O)c2ccc(O[C@@H](C)CCCCCC)cc2)cc1. The topological polar surface area (TPSA) is 44.8 Å². The molecule has 0 aliphatic rings. The molecule has 0 radical (unpaired) electrons. The van der Waals surface area contributed by atoms with Gasteiger partial charge in [0.05, 0.1) is 17.9 Å². The molecule has 0 saturated carbocycles. The molecule has 4 nitrogen and oxygen atoms in total. The molecule has 0 aliphatic heterocycles. The van der Waals surface area contributed by atoms with Crippen LogP contribution in [0, 0.1) is 0 Å². The van der Waals surface area contributed by atoms with E-state index in [4.69, 9.17) is 14.2 Å². The summed E-state index contributed by atoms with van der Waals surface area (Å²) in [5.41, 5.74) is 0.492. The maximum Gasteiger partial charge on any atom is 0.343 e. The molecule has 0 heterocycles. The lowest BCUT2D eigenvalue weighted by Gasteiger charge is -2.14. The molecule has 36 heavy (non-hydrogen) atoms. The van der Waals surface area contributed by atoms with Crippen LogP contribution in [0.1, 0.15) is 115 Å². The fraction of sp³-hybridized carbons (Fsp3) is 0.531. The molecule has 0 fully saturated rings. The Morgan fingerprint density at radius 2 is 1.28 bits per heavy atom. The normalized spacial score (nSPS) is 12.0. The number of esters is 1. The van der Waals surface area contributed by atoms with Crippen molar-refractivity contribution >= 4 is 5.97 Å². The van der Waals surface area contributed by atoms with Gasteiger partial charge in [0.15, 0.2) is 0 Å². The zero-order valence-corrected chi connectivity index (χ0v) is 22.7. The van der Waals surface area contributed by atoms with Gasteiger partial charge >= 0.3 is 5.97 Å². The number of carbonyl (C=O) groups excluding carboxylic acids is 1. The second kappa shape index (κ2) is 18.5. The van der Waals surface area contributed by atoms with E-state index in [0.717, 1.165) is 24.3 Å². The van der Waals surface area contributed by atoms with Crippen molar-refractivity contribution in [2.45, 2.75) is 110 Å². The Balaban J connectivity index is 1.67. The smallest absolute Gasteiger partial charge is 0.343 e. The van der Waals surface area contributed by atoms with E-state index in [1.54, 1.807) is 42.7 Å². The van der Waals surface area contributed by atoms with Crippen LogP contribution in [0.4, 0.5) is 0 Å². The molecule has 2 aromatic carbocycles. The highest BCUT2D eigenvalue weighted by atomic mass is 16.5. The number of allylic oxidation sites excluding steroid dienone is 1. The first-order chi connectivity index (χ1) is 17.6. The monoisotopic (exact) mass is 494 g/mol. The molecule has 0 aliphatic carbocycles. The van der Waals surface area contributed by atoms with Crippen LogP contribution < -0.4 is 14.2 Å². The summed E-state index contributed by atoms with van der Waals surface area (Å²) in [6.07, 6.45) is 20.2. The van der Waals surface area contributed by atoms with Gasteiger partial charge in [0.25, 0.3) is 0 Å². The lowest BCUT2D eigenvalue weighted by atomic mass is 10.1. The first kappa shape index (κ1) is 29.5. The molecular weight excluding hydrogens is 448 g/mol. The third-order valence-electron chi connectivity index (χ3n) is 6.20. The quantitative estimate of drug-likeness (QED) is 0.0844. The van der Waals surface area contributed by atoms with Gasteiger partial charge in [-0.3, -0.25) is 0 Å². The number of hydrogen-bond donors (Lipinski definition) is 0. The van der Waals surface area contributed by atoms with Gasteiger partial charge in [0, 0.05) is 0 Å². The molecule has 4 heteroatoms. The summed E-state index contributed by atoms with van der Waals surface area (Å²) in [4.78, 5) is 12.5. The Hall–Kier alpha value is -2.75. The second-order valence-electron chi connectivity index (χ2n) is 9.56. The van der Waals surface area contributed by atoms with Crippen molar-refractivity contribution in [2.75, 3.05) is 0 Å². The molecule has 2 aromatic rings. The van der Waals surface area contributed by atoms with E-state index in [0.29, 0.717) is 11.3 Å². The van der Waals surface area contributed by atoms with Gasteiger partial charge < -0.3 is 14.2 Å². The van der Waals surface area contributed by atoms with Crippen LogP contribution in [0.5, 0.6) is 17.2 Å². The van der Waals surface area contributed by atoms with E-state index in [1.165, 1.54) is 70.6 Å². The van der Waals surface area contributed by atoms with Gasteiger partial charge in [-0.25, -0.2) is 4.79 Å². The zero-order chi connectivity index (χ0) is 25.8. The van der Waals surface area contributed by atoms with Crippen molar-refractivity contribution in [3.8, 4) is 17.2 Å². The molecule has 198 valence electrons. The minimum absolute atomic E-state index is 0.163. The second-order valence-corrected chi connectivity index (χ2v) is 9.56. The third kappa shape index (κ3) is 12.8. The number of carbonyl (C=O) groups is 1. The maximum absolute atomic E-state index is 12.5. The van der Waals surface area contributed by atoms with Crippen LogP contribution in [0.2, 0.25) is 0 Å². The molecule has 2 rings (SSSR count). The summed E-state index contributed by atoms with van der Waals surface area (Å²) in [7, 11) is 0. The Morgan fingerprint density at radius 1 is 0.722 bits per heavy atom. The van der Waals surface area contributed by atoms with Gasteiger partial charge in [0.1, 0.15) is 17.2 Å². The predicted octanol–water partition coefficient (Wildman–Crippen LogP) is 9.68. The zero-order valence-electron chi connectivity index (χ0n) is 22.7. The van der Waals surface area contributed by atoms with Crippen LogP contribution >= 0.6 is 0 Å². The molecule has 0 bridgehead atoms. The Kier molecular flexibility index (Phi) is 15.2. The van der Waals surface area contributed by atoms with Crippen molar-refractivity contribution in [3.05, 3.63) is 66.4 Å². The van der Waals surface area contributed by atoms with Crippen molar-refractivity contribution in [2.24, 2.45) is 0 Å². The largest absolute Gasteiger partial charge is 0.491 e. The van der Waals surface area contributed by atoms with Gasteiger partial charge in [0.2, 0.25) is 0 Å². The Morgan fingerprint density at radius 3 is 1.94 bits per heavy atom. The standard InChI is InChI=1S/C32H46O4/c1-4-6-8-10-11-12-13-14-16-26-34-29-22-24-31(25-23-29)36-32(33)28-18-20-30(21-19-28)35-27(3)17-15-9-7-5-2/h16,18-27H,4-15,17H2,1-3H3/b26-16+/t27-/m0/s1. The molecule has 0 aromatic heterocycles. The van der Waals surface area contributed by atoms with Crippen LogP contribution in [0.25, 0.3) is 0 Å². The fourth-order valence-corrected chi connectivity index (χ4v) is 3.99. The molecule has 0 saturated heterocycles. The average molecular weight is 495 g/mol. The van der Waals surface area contributed by atoms with Crippen molar-refractivity contribution in [3.63, 3.8) is 0 Å². The molecule has 0 N–H and O–H groups in total. The van der Waals surface area contributed by atoms with Gasteiger partial charge in [-0.1, -0.05) is 71.6 Å². The number of benzene rings is 2. The summed E-state index contributed by atoms with van der Waals surface area (Å²) < 4.78 is 17.1.